The van der Waals surface area contributed by atoms with Crippen LogP contribution in [0.5, 0.6) is 0 Å². The van der Waals surface area contributed by atoms with Crippen LogP contribution >= 0.6 is 0 Å². The van der Waals surface area contributed by atoms with Crippen molar-refractivity contribution in [1.82, 2.24) is 0 Å². The largest absolute Gasteiger partial charge is 0.456 e. The summed E-state index contributed by atoms with van der Waals surface area (Å²) in [5.41, 5.74) is 10.7. The normalized spacial score (nSPS) is 13.5. The second-order valence-electron chi connectivity index (χ2n) is 12.2. The summed E-state index contributed by atoms with van der Waals surface area (Å²) in [5, 5.41) is 7.18. The summed E-state index contributed by atoms with van der Waals surface area (Å²) in [6.07, 6.45) is 0. The molecule has 1 aromatic heterocycles. The van der Waals surface area contributed by atoms with Crippen molar-refractivity contribution >= 4 is 60.5 Å². The van der Waals surface area contributed by atoms with Crippen molar-refractivity contribution in [3.05, 3.63) is 151 Å². The molecular formula is C41H29NO. The summed E-state index contributed by atoms with van der Waals surface area (Å²) in [7, 11) is 0. The van der Waals surface area contributed by atoms with Crippen LogP contribution in [0.15, 0.2) is 144 Å². The molecule has 0 radical (unpaired) electrons. The van der Waals surface area contributed by atoms with Gasteiger partial charge < -0.3 is 9.32 Å². The van der Waals surface area contributed by atoms with Gasteiger partial charge in [-0.3, -0.25) is 0 Å². The van der Waals surface area contributed by atoms with Gasteiger partial charge in [-0.05, 0) is 98.4 Å². The number of hydrogen-bond acceptors (Lipinski definition) is 2. The molecule has 0 fully saturated rings. The van der Waals surface area contributed by atoms with Gasteiger partial charge in [0.25, 0.3) is 0 Å². The van der Waals surface area contributed by atoms with Crippen molar-refractivity contribution in [1.29, 1.82) is 0 Å². The van der Waals surface area contributed by atoms with Crippen LogP contribution in [0.3, 0.4) is 0 Å². The van der Waals surface area contributed by atoms with E-state index in [1.54, 1.807) is 0 Å². The van der Waals surface area contributed by atoms with Crippen LogP contribution < -0.4 is 4.90 Å². The quantitative estimate of drug-likeness (QED) is 0.203. The maximum Gasteiger partial charge on any atom is 0.136 e. The third kappa shape index (κ3) is 3.53. The molecule has 0 atom stereocenters. The summed E-state index contributed by atoms with van der Waals surface area (Å²) in [4.78, 5) is 2.38. The van der Waals surface area contributed by atoms with Gasteiger partial charge in [0.1, 0.15) is 11.2 Å². The standard InChI is InChI=1S/C41H29NO/c1-41(2)37-14-8-6-12-32(37)33-21-19-30(24-38(33)41)42(28-10-4-3-5-11-28)29-18-20-31-26(22-29)16-17-27-23-36-34-13-7-9-15-39(34)43-40(36)25-35(27)31/h3-25H,1-2H3. The molecule has 2 nitrogen and oxygen atoms in total. The van der Waals surface area contributed by atoms with E-state index in [1.807, 2.05) is 12.1 Å². The Kier molecular flexibility index (Phi) is 4.99. The van der Waals surface area contributed by atoms with E-state index in [0.717, 1.165) is 39.0 Å². The average Bonchev–Trinajstić information content (AvgIpc) is 3.52. The molecule has 7 aromatic carbocycles. The highest BCUT2D eigenvalue weighted by molar-refractivity contribution is 6.16. The van der Waals surface area contributed by atoms with Crippen molar-refractivity contribution in [2.45, 2.75) is 19.3 Å². The van der Waals surface area contributed by atoms with Crippen LogP contribution in [0.25, 0.3) is 54.6 Å². The molecule has 0 amide bonds. The average molecular weight is 552 g/mol. The predicted molar refractivity (Wildman–Crippen MR) is 181 cm³/mol. The molecule has 9 rings (SSSR count). The van der Waals surface area contributed by atoms with Gasteiger partial charge in [0.2, 0.25) is 0 Å². The van der Waals surface area contributed by atoms with Gasteiger partial charge in [0.05, 0.1) is 0 Å². The second kappa shape index (κ2) is 8.83. The number of benzene rings is 7. The molecule has 0 unspecified atom stereocenters. The van der Waals surface area contributed by atoms with Crippen molar-refractivity contribution in [3.8, 4) is 11.1 Å². The Labute approximate surface area is 250 Å². The lowest BCUT2D eigenvalue weighted by atomic mass is 9.82. The minimum Gasteiger partial charge on any atom is -0.456 e. The number of fused-ring (bicyclic) bond motifs is 9. The molecule has 0 saturated carbocycles. The third-order valence-electron chi connectivity index (χ3n) is 9.41. The van der Waals surface area contributed by atoms with E-state index in [-0.39, 0.29) is 5.41 Å². The minimum absolute atomic E-state index is 0.0609. The topological polar surface area (TPSA) is 16.4 Å². The number of anilines is 3. The summed E-state index contributed by atoms with van der Waals surface area (Å²) in [5.74, 6) is 0. The first-order valence-electron chi connectivity index (χ1n) is 14.9. The highest BCUT2D eigenvalue weighted by atomic mass is 16.3. The van der Waals surface area contributed by atoms with Crippen molar-refractivity contribution < 1.29 is 4.42 Å². The third-order valence-corrected chi connectivity index (χ3v) is 9.41. The smallest absolute Gasteiger partial charge is 0.136 e. The molecular weight excluding hydrogens is 522 g/mol. The van der Waals surface area contributed by atoms with E-state index in [4.69, 9.17) is 4.42 Å². The number of hydrogen-bond donors (Lipinski definition) is 0. The van der Waals surface area contributed by atoms with Gasteiger partial charge in [-0.1, -0.05) is 98.8 Å². The lowest BCUT2D eigenvalue weighted by molar-refractivity contribution is 0.660. The Morgan fingerprint density at radius 1 is 0.442 bits per heavy atom. The predicted octanol–water partition coefficient (Wildman–Crippen LogP) is 11.7. The zero-order chi connectivity index (χ0) is 28.7. The highest BCUT2D eigenvalue weighted by Gasteiger charge is 2.35. The van der Waals surface area contributed by atoms with E-state index in [1.165, 1.54) is 43.8 Å². The molecule has 1 aliphatic carbocycles. The first kappa shape index (κ1) is 24.3. The zero-order valence-electron chi connectivity index (χ0n) is 24.1. The fourth-order valence-corrected chi connectivity index (χ4v) is 7.27. The summed E-state index contributed by atoms with van der Waals surface area (Å²) in [6, 6.07) is 50.6. The van der Waals surface area contributed by atoms with Crippen LogP contribution in [0.4, 0.5) is 17.1 Å². The number of rotatable bonds is 3. The first-order chi connectivity index (χ1) is 21.1. The van der Waals surface area contributed by atoms with E-state index >= 15 is 0 Å². The second-order valence-corrected chi connectivity index (χ2v) is 12.2. The molecule has 204 valence electrons. The van der Waals surface area contributed by atoms with Crippen molar-refractivity contribution in [2.75, 3.05) is 4.90 Å². The summed E-state index contributed by atoms with van der Waals surface area (Å²) in [6.45, 7) is 4.68. The number of furan rings is 1. The Morgan fingerprint density at radius 3 is 2.02 bits per heavy atom. The van der Waals surface area contributed by atoms with Crippen LogP contribution in [0, 0.1) is 0 Å². The minimum atomic E-state index is -0.0609. The van der Waals surface area contributed by atoms with Crippen molar-refractivity contribution in [3.63, 3.8) is 0 Å². The maximum absolute atomic E-state index is 6.26. The Bertz CT molecular complexity index is 2380. The highest BCUT2D eigenvalue weighted by Crippen LogP contribution is 2.50. The Balaban J connectivity index is 1.22. The Hall–Kier alpha value is -5.34. The van der Waals surface area contributed by atoms with E-state index < -0.39 is 0 Å². The van der Waals surface area contributed by atoms with Crippen molar-refractivity contribution in [2.24, 2.45) is 0 Å². The molecule has 0 saturated heterocycles. The molecule has 0 N–H and O–H groups in total. The van der Waals surface area contributed by atoms with E-state index in [2.05, 4.69) is 146 Å². The number of para-hydroxylation sites is 2. The molecule has 1 heterocycles. The van der Waals surface area contributed by atoms with Gasteiger partial charge >= 0.3 is 0 Å². The van der Waals surface area contributed by atoms with Crippen LogP contribution in [0.1, 0.15) is 25.0 Å². The fraction of sp³-hybridized carbons (Fsp3) is 0.0732. The van der Waals surface area contributed by atoms with E-state index in [9.17, 15) is 0 Å². The maximum atomic E-state index is 6.26. The van der Waals surface area contributed by atoms with Crippen LogP contribution in [-0.4, -0.2) is 0 Å². The molecule has 0 aliphatic heterocycles. The fourth-order valence-electron chi connectivity index (χ4n) is 7.27. The number of nitrogens with zero attached hydrogens (tertiary/aromatic N) is 1. The molecule has 0 bridgehead atoms. The lowest BCUT2D eigenvalue weighted by Gasteiger charge is -2.28. The van der Waals surface area contributed by atoms with Gasteiger partial charge in [0, 0.05) is 33.2 Å². The SMILES string of the molecule is CC1(C)c2ccccc2-c2ccc(N(c3ccccc3)c3ccc4c(ccc5cc6c(cc54)oc4ccccc46)c3)cc21. The van der Waals surface area contributed by atoms with Gasteiger partial charge in [0.15, 0.2) is 0 Å². The van der Waals surface area contributed by atoms with E-state index in [0.29, 0.717) is 0 Å². The molecule has 0 spiro atoms. The monoisotopic (exact) mass is 551 g/mol. The molecule has 2 heteroatoms. The van der Waals surface area contributed by atoms with Crippen LogP contribution in [0.2, 0.25) is 0 Å². The van der Waals surface area contributed by atoms with Gasteiger partial charge in [-0.15, -0.1) is 0 Å². The Morgan fingerprint density at radius 2 is 1.14 bits per heavy atom. The molecule has 8 aromatic rings. The molecule has 1 aliphatic rings. The van der Waals surface area contributed by atoms with Crippen LogP contribution in [-0.2, 0) is 5.41 Å². The zero-order valence-corrected chi connectivity index (χ0v) is 24.1. The first-order valence-corrected chi connectivity index (χ1v) is 14.9. The summed E-state index contributed by atoms with van der Waals surface area (Å²) < 4.78 is 6.26. The molecule has 43 heavy (non-hydrogen) atoms. The lowest BCUT2D eigenvalue weighted by Crippen LogP contribution is -2.16. The van der Waals surface area contributed by atoms with Gasteiger partial charge in [-0.25, -0.2) is 0 Å². The summed E-state index contributed by atoms with van der Waals surface area (Å²) >= 11 is 0. The van der Waals surface area contributed by atoms with Gasteiger partial charge in [-0.2, -0.15) is 0 Å².